The Bertz CT molecular complexity index is 858. The zero-order chi connectivity index (χ0) is 19.5. The Morgan fingerprint density at radius 3 is 2.69 bits per heavy atom. The van der Waals surface area contributed by atoms with E-state index in [0.29, 0.717) is 11.4 Å². The first-order chi connectivity index (χ1) is 12.1. The Morgan fingerprint density at radius 2 is 2.08 bits per heavy atom. The summed E-state index contributed by atoms with van der Waals surface area (Å²) in [5.74, 6) is -1.44. The summed E-state index contributed by atoms with van der Waals surface area (Å²) in [5.41, 5.74) is 0.0561. The number of rotatable bonds is 7. The van der Waals surface area contributed by atoms with Gasteiger partial charge in [0.25, 0.3) is 11.6 Å². The van der Waals surface area contributed by atoms with Crippen LogP contribution in [0.5, 0.6) is 0 Å². The van der Waals surface area contributed by atoms with E-state index in [2.05, 4.69) is 15.6 Å². The van der Waals surface area contributed by atoms with Crippen molar-refractivity contribution in [3.63, 3.8) is 0 Å². The molecule has 10 nitrogen and oxygen atoms in total. The molecular weight excluding hydrogens is 342 g/mol. The van der Waals surface area contributed by atoms with Crippen molar-refractivity contribution in [2.24, 2.45) is 0 Å². The number of carbonyl (C=O) groups excluding carboxylic acids is 1. The van der Waals surface area contributed by atoms with E-state index in [9.17, 15) is 19.7 Å². The van der Waals surface area contributed by atoms with Crippen LogP contribution >= 0.6 is 0 Å². The van der Waals surface area contributed by atoms with Crippen LogP contribution in [0.1, 0.15) is 42.9 Å². The monoisotopic (exact) mass is 361 g/mol. The fourth-order valence-electron chi connectivity index (χ4n) is 2.37. The Hall–Kier alpha value is -3.30. The van der Waals surface area contributed by atoms with Crippen molar-refractivity contribution in [2.45, 2.75) is 39.2 Å². The quantitative estimate of drug-likeness (QED) is 0.566. The maximum absolute atomic E-state index is 12.5. The van der Waals surface area contributed by atoms with Crippen LogP contribution in [-0.2, 0) is 4.79 Å². The van der Waals surface area contributed by atoms with Crippen molar-refractivity contribution in [2.75, 3.05) is 0 Å². The van der Waals surface area contributed by atoms with Gasteiger partial charge in [0.2, 0.25) is 0 Å². The first kappa shape index (κ1) is 19.0. The van der Waals surface area contributed by atoms with E-state index < -0.39 is 22.3 Å². The molecule has 138 valence electrons. The molecule has 1 aromatic carbocycles. The number of nitro groups is 1. The molecule has 0 bridgehead atoms. The van der Waals surface area contributed by atoms with Crippen LogP contribution < -0.4 is 5.32 Å². The van der Waals surface area contributed by atoms with Crippen molar-refractivity contribution in [1.29, 1.82) is 0 Å². The number of non-ortho nitro benzene ring substituents is 1. The van der Waals surface area contributed by atoms with Crippen molar-refractivity contribution < 1.29 is 19.6 Å². The van der Waals surface area contributed by atoms with Crippen LogP contribution in [0.4, 0.5) is 5.69 Å². The maximum Gasteiger partial charge on any atom is 0.303 e. The Labute approximate surface area is 149 Å². The van der Waals surface area contributed by atoms with Crippen LogP contribution in [0.3, 0.4) is 0 Å². The fourth-order valence-corrected chi connectivity index (χ4v) is 2.37. The molecule has 0 radical (unpaired) electrons. The molecule has 1 amide bonds. The molecule has 0 unspecified atom stereocenters. The molecule has 26 heavy (non-hydrogen) atoms. The highest BCUT2D eigenvalue weighted by molar-refractivity contribution is 5.93. The second kappa shape index (κ2) is 7.30. The summed E-state index contributed by atoms with van der Waals surface area (Å²) >= 11 is 0. The first-order valence-corrected chi connectivity index (χ1v) is 7.82. The number of nitrogens with zero attached hydrogens (tertiary/aromatic N) is 4. The highest BCUT2D eigenvalue weighted by Gasteiger charge is 2.25. The number of amides is 1. The number of nitrogens with one attached hydrogen (secondary N) is 1. The number of carbonyl (C=O) groups is 2. The summed E-state index contributed by atoms with van der Waals surface area (Å²) in [7, 11) is 0. The van der Waals surface area contributed by atoms with Crippen LogP contribution in [0.15, 0.2) is 24.3 Å². The standard InChI is InChI=1S/C16H19N5O5/c1-10-14(15(24)17-16(2,3)8-7-13(22)23)18-19-20(10)11-5-4-6-12(9-11)21(25)26/h4-6,9H,7-8H2,1-3H3,(H,17,24)(H,22,23). The van der Waals surface area contributed by atoms with Gasteiger partial charge in [-0.25, -0.2) is 4.68 Å². The minimum atomic E-state index is -0.944. The van der Waals surface area contributed by atoms with Crippen LogP contribution in [0.2, 0.25) is 0 Å². The largest absolute Gasteiger partial charge is 0.481 e. The molecule has 0 fully saturated rings. The molecule has 0 saturated heterocycles. The van der Waals surface area contributed by atoms with E-state index in [4.69, 9.17) is 5.11 Å². The third-order valence-electron chi connectivity index (χ3n) is 3.81. The lowest BCUT2D eigenvalue weighted by atomic mass is 9.98. The average molecular weight is 361 g/mol. The van der Waals surface area contributed by atoms with Crippen molar-refractivity contribution in [1.82, 2.24) is 20.3 Å². The number of nitro benzene ring substituents is 1. The molecule has 0 saturated carbocycles. The molecular formula is C16H19N5O5. The molecule has 1 aromatic heterocycles. The maximum atomic E-state index is 12.5. The predicted molar refractivity (Wildman–Crippen MR) is 91.2 cm³/mol. The average Bonchev–Trinajstić information content (AvgIpc) is 2.94. The third kappa shape index (κ3) is 4.41. The molecule has 2 rings (SSSR count). The SMILES string of the molecule is Cc1c(C(=O)NC(C)(C)CCC(=O)O)nnn1-c1cccc([N+](=O)[O-])c1. The molecule has 0 spiro atoms. The van der Waals surface area contributed by atoms with E-state index in [1.165, 1.54) is 22.9 Å². The second-order valence-electron chi connectivity index (χ2n) is 6.44. The van der Waals surface area contributed by atoms with E-state index in [-0.39, 0.29) is 24.2 Å². The zero-order valence-corrected chi connectivity index (χ0v) is 14.6. The Kier molecular flexibility index (Phi) is 5.34. The van der Waals surface area contributed by atoms with Crippen molar-refractivity contribution >= 4 is 17.6 Å². The van der Waals surface area contributed by atoms with E-state index in [1.807, 2.05) is 0 Å². The van der Waals surface area contributed by atoms with Crippen LogP contribution in [-0.4, -0.2) is 42.4 Å². The topological polar surface area (TPSA) is 140 Å². The van der Waals surface area contributed by atoms with Crippen LogP contribution in [0.25, 0.3) is 5.69 Å². The molecule has 0 atom stereocenters. The van der Waals surface area contributed by atoms with Gasteiger partial charge in [0.1, 0.15) is 0 Å². The number of hydrogen-bond donors (Lipinski definition) is 2. The Balaban J connectivity index is 2.23. The molecule has 10 heteroatoms. The summed E-state index contributed by atoms with van der Waals surface area (Å²) in [6, 6.07) is 5.82. The fraction of sp³-hybridized carbons (Fsp3) is 0.375. The van der Waals surface area contributed by atoms with Gasteiger partial charge >= 0.3 is 5.97 Å². The van der Waals surface area contributed by atoms with Crippen LogP contribution in [0, 0.1) is 17.0 Å². The summed E-state index contributed by atoms with van der Waals surface area (Å²) in [4.78, 5) is 33.6. The summed E-state index contributed by atoms with van der Waals surface area (Å²) in [5, 5.41) is 30.2. The number of benzene rings is 1. The van der Waals surface area contributed by atoms with Gasteiger partial charge in [-0.15, -0.1) is 5.10 Å². The van der Waals surface area contributed by atoms with Gasteiger partial charge < -0.3 is 10.4 Å². The lowest BCUT2D eigenvalue weighted by molar-refractivity contribution is -0.384. The number of carboxylic acid groups (broad SMARTS) is 1. The van der Waals surface area contributed by atoms with Gasteiger partial charge in [0.05, 0.1) is 16.3 Å². The smallest absolute Gasteiger partial charge is 0.303 e. The number of aliphatic carboxylic acids is 1. The highest BCUT2D eigenvalue weighted by atomic mass is 16.6. The minimum absolute atomic E-state index is 0.0694. The number of hydrogen-bond acceptors (Lipinski definition) is 6. The lowest BCUT2D eigenvalue weighted by Crippen LogP contribution is -2.44. The van der Waals surface area contributed by atoms with Gasteiger partial charge in [-0.1, -0.05) is 11.3 Å². The lowest BCUT2D eigenvalue weighted by Gasteiger charge is -2.25. The van der Waals surface area contributed by atoms with E-state index in [0.717, 1.165) is 0 Å². The number of aromatic nitrogens is 3. The van der Waals surface area contributed by atoms with Gasteiger partial charge in [-0.2, -0.15) is 0 Å². The zero-order valence-electron chi connectivity index (χ0n) is 14.6. The predicted octanol–water partition coefficient (Wildman–Crippen LogP) is 1.86. The summed E-state index contributed by atoms with van der Waals surface area (Å²) < 4.78 is 1.34. The summed E-state index contributed by atoms with van der Waals surface area (Å²) in [6.45, 7) is 5.06. The van der Waals surface area contributed by atoms with Crippen molar-refractivity contribution in [3.05, 3.63) is 45.8 Å². The molecule has 0 aliphatic rings. The second-order valence-corrected chi connectivity index (χ2v) is 6.44. The van der Waals surface area contributed by atoms with Gasteiger partial charge in [0.15, 0.2) is 5.69 Å². The molecule has 0 aliphatic carbocycles. The van der Waals surface area contributed by atoms with Crippen molar-refractivity contribution in [3.8, 4) is 5.69 Å². The first-order valence-electron chi connectivity index (χ1n) is 7.82. The molecule has 0 aliphatic heterocycles. The molecule has 2 aromatic rings. The third-order valence-corrected chi connectivity index (χ3v) is 3.81. The molecule has 2 N–H and O–H groups in total. The number of carboxylic acids is 1. The Morgan fingerprint density at radius 1 is 1.38 bits per heavy atom. The van der Waals surface area contributed by atoms with E-state index in [1.54, 1.807) is 26.8 Å². The summed E-state index contributed by atoms with van der Waals surface area (Å²) in [6.07, 6.45) is 0.179. The van der Waals surface area contributed by atoms with Gasteiger partial charge in [-0.3, -0.25) is 19.7 Å². The van der Waals surface area contributed by atoms with Gasteiger partial charge in [0, 0.05) is 24.1 Å². The minimum Gasteiger partial charge on any atom is -0.481 e. The normalized spacial score (nSPS) is 11.2. The molecule has 1 heterocycles. The van der Waals surface area contributed by atoms with Gasteiger partial charge in [-0.05, 0) is 33.3 Å². The van der Waals surface area contributed by atoms with E-state index >= 15 is 0 Å². The highest BCUT2D eigenvalue weighted by Crippen LogP contribution is 2.19.